The lowest BCUT2D eigenvalue weighted by molar-refractivity contribution is -0.112. The SMILES string of the molecule is Cc1nc2ccc(N=NC(C(=O)Nc3c(C)cccc3C)=C(O)c3ccccc3)cc2s1. The number of aliphatic hydroxyl groups is 1. The van der Waals surface area contributed by atoms with Crippen molar-refractivity contribution in [1.82, 2.24) is 4.98 Å². The van der Waals surface area contributed by atoms with Crippen molar-refractivity contribution in [2.45, 2.75) is 20.8 Å². The summed E-state index contributed by atoms with van der Waals surface area (Å²) in [5, 5.41) is 23.1. The summed E-state index contributed by atoms with van der Waals surface area (Å²) in [6.45, 7) is 5.77. The van der Waals surface area contributed by atoms with Gasteiger partial charge in [0.2, 0.25) is 0 Å². The van der Waals surface area contributed by atoms with Crippen molar-refractivity contribution < 1.29 is 9.90 Å². The summed E-state index contributed by atoms with van der Waals surface area (Å²) >= 11 is 1.56. The van der Waals surface area contributed by atoms with Crippen LogP contribution in [0.4, 0.5) is 11.4 Å². The van der Waals surface area contributed by atoms with Crippen molar-refractivity contribution in [2.24, 2.45) is 10.2 Å². The molecule has 0 saturated heterocycles. The van der Waals surface area contributed by atoms with Gasteiger partial charge in [-0.05, 0) is 50.1 Å². The van der Waals surface area contributed by atoms with Crippen LogP contribution in [0.5, 0.6) is 0 Å². The molecule has 0 aliphatic heterocycles. The first-order valence-corrected chi connectivity index (χ1v) is 10.9. The van der Waals surface area contributed by atoms with Crippen LogP contribution in [0.25, 0.3) is 16.0 Å². The molecule has 32 heavy (non-hydrogen) atoms. The number of azo groups is 1. The molecule has 1 heterocycles. The van der Waals surface area contributed by atoms with Gasteiger partial charge in [0.25, 0.3) is 5.91 Å². The summed E-state index contributed by atoms with van der Waals surface area (Å²) in [7, 11) is 0. The Kier molecular flexibility index (Phi) is 6.09. The van der Waals surface area contributed by atoms with Crippen molar-refractivity contribution in [3.05, 3.63) is 94.1 Å². The number of aliphatic hydroxyl groups excluding tert-OH is 1. The van der Waals surface area contributed by atoms with Crippen LogP contribution in [0.1, 0.15) is 21.7 Å². The average molecular weight is 443 g/mol. The zero-order valence-electron chi connectivity index (χ0n) is 18.0. The number of aryl methyl sites for hydroxylation is 3. The van der Waals surface area contributed by atoms with E-state index in [0.29, 0.717) is 16.9 Å². The fourth-order valence-corrected chi connectivity index (χ4v) is 4.18. The smallest absolute Gasteiger partial charge is 0.280 e. The van der Waals surface area contributed by atoms with E-state index in [4.69, 9.17) is 0 Å². The van der Waals surface area contributed by atoms with E-state index in [0.717, 1.165) is 26.4 Å². The Morgan fingerprint density at radius 2 is 1.69 bits per heavy atom. The number of benzene rings is 3. The van der Waals surface area contributed by atoms with Crippen molar-refractivity contribution in [1.29, 1.82) is 0 Å². The Balaban J connectivity index is 1.73. The van der Waals surface area contributed by atoms with Gasteiger partial charge in [0.05, 0.1) is 20.9 Å². The second-order valence-corrected chi connectivity index (χ2v) is 8.60. The highest BCUT2D eigenvalue weighted by Crippen LogP contribution is 2.28. The molecule has 1 amide bonds. The normalized spacial score (nSPS) is 12.2. The number of carbonyl (C=O) groups excluding carboxylic acids is 1. The summed E-state index contributed by atoms with van der Waals surface area (Å²) in [5.41, 5.74) is 4.29. The van der Waals surface area contributed by atoms with Crippen LogP contribution >= 0.6 is 11.3 Å². The Labute approximate surface area is 190 Å². The van der Waals surface area contributed by atoms with Gasteiger partial charge in [-0.25, -0.2) is 4.98 Å². The number of para-hydroxylation sites is 1. The van der Waals surface area contributed by atoms with Crippen molar-refractivity contribution in [3.8, 4) is 0 Å². The average Bonchev–Trinajstić information content (AvgIpc) is 3.16. The Morgan fingerprint density at radius 3 is 2.41 bits per heavy atom. The molecule has 6 nitrogen and oxygen atoms in total. The van der Waals surface area contributed by atoms with Gasteiger partial charge in [-0.15, -0.1) is 16.5 Å². The van der Waals surface area contributed by atoms with Crippen LogP contribution in [0.2, 0.25) is 0 Å². The topological polar surface area (TPSA) is 86.9 Å². The van der Waals surface area contributed by atoms with Crippen molar-refractivity contribution in [3.63, 3.8) is 0 Å². The molecular weight excluding hydrogens is 420 g/mol. The lowest BCUT2D eigenvalue weighted by Gasteiger charge is -2.12. The lowest BCUT2D eigenvalue weighted by atomic mass is 10.1. The highest BCUT2D eigenvalue weighted by atomic mass is 32.1. The van der Waals surface area contributed by atoms with Crippen LogP contribution in [-0.4, -0.2) is 16.0 Å². The summed E-state index contributed by atoms with van der Waals surface area (Å²) < 4.78 is 0.983. The number of fused-ring (bicyclic) bond motifs is 1. The van der Waals surface area contributed by atoms with Crippen LogP contribution in [0.15, 0.2) is 82.7 Å². The maximum atomic E-state index is 13.2. The molecule has 2 N–H and O–H groups in total. The van der Waals surface area contributed by atoms with Crippen LogP contribution in [0, 0.1) is 20.8 Å². The lowest BCUT2D eigenvalue weighted by Crippen LogP contribution is -2.16. The second kappa shape index (κ2) is 9.11. The van der Waals surface area contributed by atoms with E-state index in [-0.39, 0.29) is 11.5 Å². The van der Waals surface area contributed by atoms with E-state index in [1.807, 2.05) is 57.2 Å². The molecule has 0 radical (unpaired) electrons. The van der Waals surface area contributed by atoms with Crippen molar-refractivity contribution in [2.75, 3.05) is 5.32 Å². The predicted molar refractivity (Wildman–Crippen MR) is 129 cm³/mol. The number of thiazole rings is 1. The number of hydrogen-bond acceptors (Lipinski definition) is 6. The zero-order chi connectivity index (χ0) is 22.7. The predicted octanol–water partition coefficient (Wildman–Crippen LogP) is 6.87. The van der Waals surface area contributed by atoms with Gasteiger partial charge >= 0.3 is 0 Å². The van der Waals surface area contributed by atoms with Gasteiger partial charge in [0.15, 0.2) is 11.5 Å². The first-order chi connectivity index (χ1) is 15.4. The second-order valence-electron chi connectivity index (χ2n) is 7.37. The molecule has 0 atom stereocenters. The Morgan fingerprint density at radius 1 is 0.969 bits per heavy atom. The number of amides is 1. The molecule has 1 aromatic heterocycles. The maximum absolute atomic E-state index is 13.2. The van der Waals surface area contributed by atoms with E-state index in [1.165, 1.54) is 0 Å². The molecule has 0 saturated carbocycles. The van der Waals surface area contributed by atoms with Crippen LogP contribution in [0.3, 0.4) is 0 Å². The standard InChI is InChI=1S/C25H22N4O2S/c1-15-8-7-9-16(2)22(15)27-25(31)23(24(30)18-10-5-4-6-11-18)29-28-19-12-13-20-21(14-19)32-17(3)26-20/h4-14,30H,1-3H3,(H,27,31). The summed E-state index contributed by atoms with van der Waals surface area (Å²) in [6.07, 6.45) is 0. The number of carbonyl (C=O) groups is 1. The molecule has 7 heteroatoms. The third-order valence-electron chi connectivity index (χ3n) is 4.95. The van der Waals surface area contributed by atoms with Gasteiger partial charge in [0.1, 0.15) is 0 Å². The highest BCUT2D eigenvalue weighted by Gasteiger charge is 2.19. The zero-order valence-corrected chi connectivity index (χ0v) is 18.8. The summed E-state index contributed by atoms with van der Waals surface area (Å²) in [5.74, 6) is -0.782. The monoisotopic (exact) mass is 442 g/mol. The quantitative estimate of drug-likeness (QED) is 0.201. The number of aromatic nitrogens is 1. The third kappa shape index (κ3) is 4.58. The van der Waals surface area contributed by atoms with Gasteiger partial charge in [-0.1, -0.05) is 48.5 Å². The maximum Gasteiger partial charge on any atom is 0.280 e. The summed E-state index contributed by atoms with van der Waals surface area (Å²) in [6, 6.07) is 20.1. The number of nitrogens with zero attached hydrogens (tertiary/aromatic N) is 3. The molecule has 0 fully saturated rings. The van der Waals surface area contributed by atoms with Gasteiger partial charge in [-0.3, -0.25) is 4.79 Å². The first-order valence-electron chi connectivity index (χ1n) is 10.1. The molecule has 0 unspecified atom stereocenters. The minimum absolute atomic E-state index is 0.167. The molecule has 160 valence electrons. The largest absolute Gasteiger partial charge is 0.505 e. The van der Waals surface area contributed by atoms with Crippen molar-refractivity contribution >= 4 is 44.6 Å². The summed E-state index contributed by atoms with van der Waals surface area (Å²) in [4.78, 5) is 17.6. The van der Waals surface area contributed by atoms with Crippen LogP contribution in [-0.2, 0) is 4.79 Å². The van der Waals surface area contributed by atoms with E-state index in [9.17, 15) is 9.90 Å². The van der Waals surface area contributed by atoms with E-state index < -0.39 is 5.91 Å². The van der Waals surface area contributed by atoms with E-state index in [1.54, 1.807) is 41.7 Å². The minimum Gasteiger partial charge on any atom is -0.505 e. The van der Waals surface area contributed by atoms with E-state index in [2.05, 4.69) is 20.5 Å². The fourth-order valence-electron chi connectivity index (χ4n) is 3.32. The molecule has 0 bridgehead atoms. The fraction of sp³-hybridized carbons (Fsp3) is 0.120. The van der Waals surface area contributed by atoms with Gasteiger partial charge in [0, 0.05) is 11.3 Å². The molecule has 4 rings (SSSR count). The van der Waals surface area contributed by atoms with Crippen LogP contribution < -0.4 is 5.32 Å². The number of anilines is 1. The molecule has 4 aromatic rings. The third-order valence-corrected chi connectivity index (χ3v) is 5.88. The first kappa shape index (κ1) is 21.4. The highest BCUT2D eigenvalue weighted by molar-refractivity contribution is 7.18. The number of nitrogens with one attached hydrogen (secondary N) is 1. The van der Waals surface area contributed by atoms with Gasteiger partial charge in [-0.2, -0.15) is 5.11 Å². The molecule has 3 aromatic carbocycles. The van der Waals surface area contributed by atoms with E-state index >= 15 is 0 Å². The minimum atomic E-state index is -0.540. The Hall–Kier alpha value is -3.84. The van der Waals surface area contributed by atoms with Gasteiger partial charge < -0.3 is 10.4 Å². The molecule has 0 aliphatic rings. The number of rotatable bonds is 5. The molecule has 0 spiro atoms. The molecular formula is C25H22N4O2S. The number of hydrogen-bond donors (Lipinski definition) is 2. The molecule has 0 aliphatic carbocycles. The Bertz CT molecular complexity index is 1340.